The zero-order valence-corrected chi connectivity index (χ0v) is 8.38. The zero-order valence-electron chi connectivity index (χ0n) is 8.38. The van der Waals surface area contributed by atoms with E-state index in [1.54, 1.807) is 0 Å². The molecule has 0 aromatic heterocycles. The minimum absolute atomic E-state index is 0.0191. The van der Waals surface area contributed by atoms with Gasteiger partial charge in [0.1, 0.15) is 5.82 Å². The largest absolute Gasteiger partial charge is 0.490 e. The number of halogens is 1. The number of hydrogen-bond acceptors (Lipinski definition) is 3. The minimum Gasteiger partial charge on any atom is -0.490 e. The standard InChI is InChI=1S/C11H11FO3/c1-7(13)10-8(12)3-4-9-11(10)15-6-2-5-14-9/h3-4H,2,5-6H2,1H3. The van der Waals surface area contributed by atoms with Crippen molar-refractivity contribution in [3.05, 3.63) is 23.5 Å². The van der Waals surface area contributed by atoms with E-state index in [9.17, 15) is 9.18 Å². The second kappa shape index (κ2) is 3.88. The van der Waals surface area contributed by atoms with Gasteiger partial charge in [-0.3, -0.25) is 4.79 Å². The molecule has 1 heterocycles. The lowest BCUT2D eigenvalue weighted by Gasteiger charge is -2.10. The summed E-state index contributed by atoms with van der Waals surface area (Å²) in [5.41, 5.74) is -0.0191. The van der Waals surface area contributed by atoms with Crippen LogP contribution in [0.3, 0.4) is 0 Å². The molecule has 1 aliphatic rings. The summed E-state index contributed by atoms with van der Waals surface area (Å²) in [7, 11) is 0. The summed E-state index contributed by atoms with van der Waals surface area (Å²) in [6, 6.07) is 2.71. The second-order valence-corrected chi connectivity index (χ2v) is 3.36. The van der Waals surface area contributed by atoms with Crippen LogP contribution >= 0.6 is 0 Å². The molecule has 15 heavy (non-hydrogen) atoms. The van der Waals surface area contributed by atoms with Gasteiger partial charge in [-0.25, -0.2) is 4.39 Å². The molecule has 1 aromatic carbocycles. The third-order valence-electron chi connectivity index (χ3n) is 2.22. The SMILES string of the molecule is CC(=O)c1c(F)ccc2c1OCCCO2. The molecule has 0 fully saturated rings. The number of carbonyl (C=O) groups excluding carboxylic acids is 1. The summed E-state index contributed by atoms with van der Waals surface area (Å²) in [6.45, 7) is 2.28. The fraction of sp³-hybridized carbons (Fsp3) is 0.364. The Morgan fingerprint density at radius 1 is 1.33 bits per heavy atom. The van der Waals surface area contributed by atoms with E-state index >= 15 is 0 Å². The van der Waals surface area contributed by atoms with Crippen LogP contribution in [-0.2, 0) is 0 Å². The monoisotopic (exact) mass is 210 g/mol. The minimum atomic E-state index is -0.563. The Morgan fingerprint density at radius 2 is 2.07 bits per heavy atom. The Kier molecular flexibility index (Phi) is 2.58. The molecule has 0 unspecified atom stereocenters. The van der Waals surface area contributed by atoms with E-state index in [1.807, 2.05) is 0 Å². The molecule has 0 saturated heterocycles. The fourth-order valence-corrected chi connectivity index (χ4v) is 1.54. The maximum absolute atomic E-state index is 13.4. The molecule has 0 radical (unpaired) electrons. The quantitative estimate of drug-likeness (QED) is 0.666. The van der Waals surface area contributed by atoms with Crippen LogP contribution in [0.25, 0.3) is 0 Å². The first kappa shape index (κ1) is 9.96. The smallest absolute Gasteiger partial charge is 0.174 e. The average Bonchev–Trinajstić information content (AvgIpc) is 2.41. The molecule has 3 nitrogen and oxygen atoms in total. The van der Waals surface area contributed by atoms with Gasteiger partial charge in [0, 0.05) is 6.42 Å². The van der Waals surface area contributed by atoms with Gasteiger partial charge in [0.25, 0.3) is 0 Å². The number of rotatable bonds is 1. The number of hydrogen-bond donors (Lipinski definition) is 0. The Morgan fingerprint density at radius 3 is 2.80 bits per heavy atom. The summed E-state index contributed by atoms with van der Waals surface area (Å²) in [4.78, 5) is 11.3. The fourth-order valence-electron chi connectivity index (χ4n) is 1.54. The first-order chi connectivity index (χ1) is 7.20. The molecule has 0 amide bonds. The summed E-state index contributed by atoms with van der Waals surface area (Å²) in [6.07, 6.45) is 0.730. The van der Waals surface area contributed by atoms with E-state index in [1.165, 1.54) is 19.1 Å². The summed E-state index contributed by atoms with van der Waals surface area (Å²) >= 11 is 0. The van der Waals surface area contributed by atoms with E-state index in [0.29, 0.717) is 19.0 Å². The van der Waals surface area contributed by atoms with Gasteiger partial charge in [0.05, 0.1) is 18.8 Å². The predicted molar refractivity (Wildman–Crippen MR) is 52.0 cm³/mol. The highest BCUT2D eigenvalue weighted by Crippen LogP contribution is 2.35. The van der Waals surface area contributed by atoms with Crippen molar-refractivity contribution < 1.29 is 18.7 Å². The maximum atomic E-state index is 13.4. The number of benzene rings is 1. The molecule has 4 heteroatoms. The first-order valence-electron chi connectivity index (χ1n) is 4.79. The van der Waals surface area contributed by atoms with Crippen molar-refractivity contribution in [1.82, 2.24) is 0 Å². The molecule has 0 aliphatic carbocycles. The first-order valence-corrected chi connectivity index (χ1v) is 4.79. The average molecular weight is 210 g/mol. The van der Waals surface area contributed by atoms with Crippen LogP contribution in [0, 0.1) is 5.82 Å². The molecule has 2 rings (SSSR count). The highest BCUT2D eigenvalue weighted by molar-refractivity contribution is 5.98. The number of Topliss-reactive ketones (excluding diaryl/α,β-unsaturated/α-hetero) is 1. The lowest BCUT2D eigenvalue weighted by Crippen LogP contribution is -2.04. The third kappa shape index (κ3) is 1.79. The Balaban J connectivity index is 2.56. The van der Waals surface area contributed by atoms with Crippen LogP contribution in [0.2, 0.25) is 0 Å². The summed E-state index contributed by atoms with van der Waals surface area (Å²) in [5.74, 6) is -0.235. The van der Waals surface area contributed by atoms with Crippen molar-refractivity contribution >= 4 is 5.78 Å². The summed E-state index contributed by atoms with van der Waals surface area (Å²) < 4.78 is 24.1. The van der Waals surface area contributed by atoms with Crippen LogP contribution in [0.15, 0.2) is 12.1 Å². The molecular weight excluding hydrogens is 199 g/mol. The van der Waals surface area contributed by atoms with Gasteiger partial charge in [-0.15, -0.1) is 0 Å². The van der Waals surface area contributed by atoms with E-state index in [-0.39, 0.29) is 17.1 Å². The molecule has 1 aromatic rings. The van der Waals surface area contributed by atoms with Gasteiger partial charge in [-0.2, -0.15) is 0 Å². The van der Waals surface area contributed by atoms with Crippen LogP contribution in [0.4, 0.5) is 4.39 Å². The van der Waals surface area contributed by atoms with Crippen molar-refractivity contribution in [2.45, 2.75) is 13.3 Å². The molecule has 0 bridgehead atoms. The maximum Gasteiger partial charge on any atom is 0.174 e. The van der Waals surface area contributed by atoms with Crippen molar-refractivity contribution in [1.29, 1.82) is 0 Å². The van der Waals surface area contributed by atoms with Gasteiger partial charge in [-0.1, -0.05) is 0 Å². The van der Waals surface area contributed by atoms with Gasteiger partial charge in [0.15, 0.2) is 17.3 Å². The van der Waals surface area contributed by atoms with Crippen molar-refractivity contribution in [2.24, 2.45) is 0 Å². The zero-order chi connectivity index (χ0) is 10.8. The molecular formula is C11H11FO3. The molecule has 0 saturated carbocycles. The highest BCUT2D eigenvalue weighted by atomic mass is 19.1. The molecule has 0 atom stereocenters. The molecule has 0 spiro atoms. The van der Waals surface area contributed by atoms with Gasteiger partial charge in [-0.05, 0) is 19.1 Å². The van der Waals surface area contributed by atoms with Crippen LogP contribution in [0.5, 0.6) is 11.5 Å². The number of ether oxygens (including phenoxy) is 2. The van der Waals surface area contributed by atoms with Gasteiger partial charge in [0.2, 0.25) is 0 Å². The van der Waals surface area contributed by atoms with Crippen molar-refractivity contribution in [3.63, 3.8) is 0 Å². The highest BCUT2D eigenvalue weighted by Gasteiger charge is 2.21. The van der Waals surface area contributed by atoms with E-state index in [4.69, 9.17) is 9.47 Å². The van der Waals surface area contributed by atoms with Crippen molar-refractivity contribution in [3.8, 4) is 11.5 Å². The second-order valence-electron chi connectivity index (χ2n) is 3.36. The Bertz CT molecular complexity index is 401. The lowest BCUT2D eigenvalue weighted by atomic mass is 10.1. The van der Waals surface area contributed by atoms with Crippen LogP contribution < -0.4 is 9.47 Å². The van der Waals surface area contributed by atoms with Crippen LogP contribution in [-0.4, -0.2) is 19.0 Å². The normalized spacial score (nSPS) is 14.5. The predicted octanol–water partition coefficient (Wildman–Crippen LogP) is 2.19. The third-order valence-corrected chi connectivity index (χ3v) is 2.22. The van der Waals surface area contributed by atoms with Gasteiger partial charge >= 0.3 is 0 Å². The number of carbonyl (C=O) groups is 1. The Labute approximate surface area is 86.8 Å². The van der Waals surface area contributed by atoms with Gasteiger partial charge < -0.3 is 9.47 Å². The Hall–Kier alpha value is -1.58. The van der Waals surface area contributed by atoms with Crippen molar-refractivity contribution in [2.75, 3.05) is 13.2 Å². The molecule has 80 valence electrons. The number of fused-ring (bicyclic) bond motifs is 1. The molecule has 0 N–H and O–H groups in total. The topological polar surface area (TPSA) is 35.5 Å². The van der Waals surface area contributed by atoms with Crippen LogP contribution in [0.1, 0.15) is 23.7 Å². The van der Waals surface area contributed by atoms with E-state index in [0.717, 1.165) is 6.42 Å². The summed E-state index contributed by atoms with van der Waals surface area (Å²) in [5, 5.41) is 0. The van der Waals surface area contributed by atoms with E-state index in [2.05, 4.69) is 0 Å². The lowest BCUT2D eigenvalue weighted by molar-refractivity contribution is 0.100. The number of ketones is 1. The van der Waals surface area contributed by atoms with E-state index < -0.39 is 5.82 Å². The molecule has 1 aliphatic heterocycles.